The van der Waals surface area contributed by atoms with Gasteiger partial charge in [-0.05, 0) is 77.7 Å². The van der Waals surface area contributed by atoms with Gasteiger partial charge in [0.1, 0.15) is 17.2 Å². The zero-order valence-corrected chi connectivity index (χ0v) is 23.3. The van der Waals surface area contributed by atoms with Gasteiger partial charge in [0.05, 0.1) is 24.1 Å². The first-order valence-corrected chi connectivity index (χ1v) is 14.9. The van der Waals surface area contributed by atoms with E-state index in [4.69, 9.17) is 4.42 Å². The third kappa shape index (κ3) is 5.36. The van der Waals surface area contributed by atoms with Crippen molar-refractivity contribution in [1.82, 2.24) is 5.32 Å². The molecule has 0 unspecified atom stereocenters. The zero-order chi connectivity index (χ0) is 28.8. The molecule has 1 aliphatic rings. The molecule has 3 aromatic carbocycles. The van der Waals surface area contributed by atoms with E-state index in [0.29, 0.717) is 50.8 Å². The van der Waals surface area contributed by atoms with Gasteiger partial charge in [-0.1, -0.05) is 25.1 Å². The predicted molar refractivity (Wildman–Crippen MR) is 154 cm³/mol. The molecule has 0 saturated heterocycles. The number of anilines is 1. The molecule has 3 N–H and O–H groups in total. The lowest BCUT2D eigenvalue weighted by Crippen LogP contribution is -2.34. The van der Waals surface area contributed by atoms with Crippen molar-refractivity contribution < 1.29 is 32.1 Å². The van der Waals surface area contributed by atoms with E-state index in [1.807, 2.05) is 13.0 Å². The van der Waals surface area contributed by atoms with Crippen molar-refractivity contribution in [2.24, 2.45) is 0 Å². The number of furan rings is 1. The number of nitrogens with zero attached hydrogens (tertiary/aromatic N) is 1. The highest BCUT2D eigenvalue weighted by Crippen LogP contribution is 2.48. The van der Waals surface area contributed by atoms with Gasteiger partial charge >= 0.3 is 7.12 Å². The minimum Gasteiger partial charge on any atom is -0.455 e. The normalized spacial score (nSPS) is 13.4. The Balaban J connectivity index is 1.69. The lowest BCUT2D eigenvalue weighted by Gasteiger charge is -2.26. The number of aryl methyl sites for hydroxylation is 1. The van der Waals surface area contributed by atoms with E-state index < -0.39 is 23.0 Å². The van der Waals surface area contributed by atoms with Crippen LogP contribution in [0, 0.1) is 5.82 Å². The Kier molecular flexibility index (Phi) is 7.47. The van der Waals surface area contributed by atoms with Crippen LogP contribution in [0.25, 0.3) is 22.3 Å². The summed E-state index contributed by atoms with van der Waals surface area (Å²) in [6.07, 6.45) is 3.45. The van der Waals surface area contributed by atoms with Crippen LogP contribution >= 0.6 is 0 Å². The minimum absolute atomic E-state index is 0.0205. The monoisotopic (exact) mass is 564 g/mol. The minimum atomic E-state index is -3.77. The van der Waals surface area contributed by atoms with E-state index in [9.17, 15) is 27.7 Å². The van der Waals surface area contributed by atoms with Crippen LogP contribution < -0.4 is 15.1 Å². The van der Waals surface area contributed by atoms with Crippen LogP contribution in [0.3, 0.4) is 0 Å². The Bertz CT molecular complexity index is 1700. The van der Waals surface area contributed by atoms with Gasteiger partial charge in [0.2, 0.25) is 10.0 Å². The summed E-state index contributed by atoms with van der Waals surface area (Å²) in [6, 6.07) is 14.2. The molecule has 5 rings (SSSR count). The Morgan fingerprint density at radius 1 is 1.12 bits per heavy atom. The molecule has 1 aromatic heterocycles. The van der Waals surface area contributed by atoms with E-state index in [1.54, 1.807) is 24.3 Å². The summed E-state index contributed by atoms with van der Waals surface area (Å²) in [6.45, 7) is 1.91. The molecule has 0 atom stereocenters. The highest BCUT2D eigenvalue weighted by atomic mass is 32.2. The number of rotatable bonds is 9. The molecule has 1 fully saturated rings. The largest absolute Gasteiger partial charge is 0.488 e. The standard InChI is InChI=1S/C29H30BFN2O6S/c1-4-18-13-17(5-12-24(18)30(35)36)16-33(40(3,37)38)25-15-26-23(14-22(25)19-6-7-19)27(29(34)32-2)28(39-26)20-8-10-21(31)11-9-20/h5,8-15,19,35-36H,4,6-7,16H2,1-3H3,(H,32,34). The molecule has 11 heteroatoms. The summed E-state index contributed by atoms with van der Waals surface area (Å²) in [5.74, 6) is -0.393. The van der Waals surface area contributed by atoms with Crippen molar-refractivity contribution in [2.75, 3.05) is 17.6 Å². The highest BCUT2D eigenvalue weighted by Gasteiger charge is 2.33. The van der Waals surface area contributed by atoms with Crippen molar-refractivity contribution in [2.45, 2.75) is 38.6 Å². The van der Waals surface area contributed by atoms with Crippen LogP contribution in [0.15, 0.2) is 59.0 Å². The fourth-order valence-electron chi connectivity index (χ4n) is 5.10. The van der Waals surface area contributed by atoms with Crippen LogP contribution in [0.4, 0.5) is 10.1 Å². The first kappa shape index (κ1) is 27.9. The number of amides is 1. The second-order valence-electron chi connectivity index (χ2n) is 10.1. The zero-order valence-electron chi connectivity index (χ0n) is 22.4. The number of carbonyl (C=O) groups excluding carboxylic acids is 1. The van der Waals surface area contributed by atoms with E-state index in [1.165, 1.54) is 35.6 Å². The van der Waals surface area contributed by atoms with Crippen LogP contribution in [0.5, 0.6) is 0 Å². The number of sulfonamides is 1. The molecule has 0 spiro atoms. The summed E-state index contributed by atoms with van der Waals surface area (Å²) in [4.78, 5) is 13.0. The first-order valence-electron chi connectivity index (χ1n) is 13.1. The third-order valence-electron chi connectivity index (χ3n) is 7.28. The summed E-state index contributed by atoms with van der Waals surface area (Å²) in [7, 11) is -3.87. The van der Waals surface area contributed by atoms with E-state index in [0.717, 1.165) is 24.7 Å². The number of benzene rings is 3. The molecular formula is C29H30BFN2O6S. The van der Waals surface area contributed by atoms with Crippen LogP contribution in [0.2, 0.25) is 0 Å². The second kappa shape index (κ2) is 10.7. The van der Waals surface area contributed by atoms with Crippen molar-refractivity contribution in [1.29, 1.82) is 0 Å². The maximum atomic E-state index is 13.6. The Morgan fingerprint density at radius 3 is 2.40 bits per heavy atom. The van der Waals surface area contributed by atoms with Gasteiger partial charge < -0.3 is 19.8 Å². The highest BCUT2D eigenvalue weighted by molar-refractivity contribution is 7.92. The van der Waals surface area contributed by atoms with Gasteiger partial charge in [-0.3, -0.25) is 9.10 Å². The number of halogens is 1. The van der Waals surface area contributed by atoms with Gasteiger partial charge in [0.25, 0.3) is 5.91 Å². The summed E-state index contributed by atoms with van der Waals surface area (Å²) in [5, 5.41) is 22.6. The molecule has 0 bridgehead atoms. The average Bonchev–Trinajstić information content (AvgIpc) is 3.70. The lowest BCUT2D eigenvalue weighted by molar-refractivity contribution is 0.0964. The maximum absolute atomic E-state index is 13.6. The van der Waals surface area contributed by atoms with Crippen molar-refractivity contribution >= 4 is 45.2 Å². The molecule has 1 aliphatic carbocycles. The Labute approximate surface area is 232 Å². The predicted octanol–water partition coefficient (Wildman–Crippen LogP) is 3.68. The van der Waals surface area contributed by atoms with E-state index in [-0.39, 0.29) is 24.1 Å². The van der Waals surface area contributed by atoms with Crippen LogP contribution in [-0.4, -0.2) is 44.8 Å². The van der Waals surface area contributed by atoms with E-state index in [2.05, 4.69) is 5.32 Å². The van der Waals surface area contributed by atoms with Gasteiger partial charge in [-0.2, -0.15) is 0 Å². The van der Waals surface area contributed by atoms with Gasteiger partial charge in [0.15, 0.2) is 0 Å². The number of fused-ring (bicyclic) bond motifs is 1. The van der Waals surface area contributed by atoms with Crippen molar-refractivity contribution in [3.8, 4) is 11.3 Å². The summed E-state index contributed by atoms with van der Waals surface area (Å²) in [5.41, 5.74) is 4.19. The lowest BCUT2D eigenvalue weighted by atomic mass is 9.76. The summed E-state index contributed by atoms with van der Waals surface area (Å²) >= 11 is 0. The van der Waals surface area contributed by atoms with Gasteiger partial charge in [-0.15, -0.1) is 0 Å². The Hall–Kier alpha value is -3.67. The first-order chi connectivity index (χ1) is 19.0. The van der Waals surface area contributed by atoms with Crippen LogP contribution in [0.1, 0.15) is 52.7 Å². The molecule has 1 saturated carbocycles. The number of carbonyl (C=O) groups is 1. The molecule has 0 aliphatic heterocycles. The van der Waals surface area contributed by atoms with Crippen LogP contribution in [-0.2, 0) is 23.0 Å². The van der Waals surface area contributed by atoms with Gasteiger partial charge in [0, 0.05) is 24.1 Å². The molecule has 8 nitrogen and oxygen atoms in total. The smallest absolute Gasteiger partial charge is 0.455 e. The SMILES string of the molecule is CCc1cc(CN(c2cc3oc(-c4ccc(F)cc4)c(C(=O)NC)c3cc2C2CC2)S(C)(=O)=O)ccc1B(O)O. The molecule has 1 heterocycles. The second-order valence-corrected chi connectivity index (χ2v) is 12.0. The molecule has 4 aromatic rings. The number of hydrogen-bond acceptors (Lipinski definition) is 6. The van der Waals surface area contributed by atoms with Gasteiger partial charge in [-0.25, -0.2) is 12.8 Å². The molecule has 208 valence electrons. The topological polar surface area (TPSA) is 120 Å². The molecule has 1 amide bonds. The van der Waals surface area contributed by atoms with Crippen molar-refractivity contribution in [3.05, 3.63) is 82.7 Å². The fourth-order valence-corrected chi connectivity index (χ4v) is 6.00. The molecular weight excluding hydrogens is 534 g/mol. The Morgan fingerprint density at radius 2 is 1.82 bits per heavy atom. The molecule has 40 heavy (non-hydrogen) atoms. The van der Waals surface area contributed by atoms with E-state index >= 15 is 0 Å². The quantitative estimate of drug-likeness (QED) is 0.267. The van der Waals surface area contributed by atoms with Crippen molar-refractivity contribution in [3.63, 3.8) is 0 Å². The summed E-state index contributed by atoms with van der Waals surface area (Å²) < 4.78 is 47.5. The molecule has 0 radical (unpaired) electrons. The number of hydrogen-bond donors (Lipinski definition) is 3. The third-order valence-corrected chi connectivity index (χ3v) is 8.40. The maximum Gasteiger partial charge on any atom is 0.488 e. The average molecular weight is 564 g/mol. The number of nitrogens with one attached hydrogen (secondary N) is 1. The fraction of sp³-hybridized carbons (Fsp3) is 0.276.